The van der Waals surface area contributed by atoms with Crippen LogP contribution in [-0.4, -0.2) is 23.9 Å². The van der Waals surface area contributed by atoms with E-state index in [-0.39, 0.29) is 5.69 Å². The predicted octanol–water partition coefficient (Wildman–Crippen LogP) is 0.598. The van der Waals surface area contributed by atoms with Crippen LogP contribution in [0.1, 0.15) is 10.5 Å². The maximum absolute atomic E-state index is 13.7. The Morgan fingerprint density at radius 2 is 1.90 bits per heavy atom. The number of nitrogens with two attached hydrogens (primary N) is 1. The molecule has 1 aromatic heterocycles. The molecule has 7 nitrogen and oxygen atoms in total. The van der Waals surface area contributed by atoms with E-state index in [0.717, 1.165) is 0 Å². The smallest absolute Gasteiger partial charge is 0.276 e. The third kappa shape index (κ3) is 3.23. The zero-order valence-corrected chi connectivity index (χ0v) is 11.5. The van der Waals surface area contributed by atoms with Gasteiger partial charge in [-0.3, -0.25) is 4.79 Å². The zero-order valence-electron chi connectivity index (χ0n) is 10.7. The number of halogens is 2. The number of amides is 1. The lowest BCUT2D eigenvalue weighted by Gasteiger charge is -2.08. The van der Waals surface area contributed by atoms with Crippen LogP contribution in [0, 0.1) is 11.6 Å². The summed E-state index contributed by atoms with van der Waals surface area (Å²) in [6.07, 6.45) is 2.69. The highest BCUT2D eigenvalue weighted by Crippen LogP contribution is 2.23. The number of carbonyl (C=O) groups excluding carboxylic acids is 1. The van der Waals surface area contributed by atoms with Crippen LogP contribution in [0.25, 0.3) is 0 Å². The Morgan fingerprint density at radius 1 is 1.33 bits per heavy atom. The summed E-state index contributed by atoms with van der Waals surface area (Å²) in [5, 5.41) is 6.76. The molecule has 0 bridgehead atoms. The number of nitrogens with zero attached hydrogens (tertiary/aromatic N) is 2. The molecular formula is C11H10F2N4O3S. The van der Waals surface area contributed by atoms with E-state index in [1.165, 1.54) is 17.1 Å². The first-order valence-corrected chi connectivity index (χ1v) is 7.04. The fourth-order valence-corrected chi connectivity index (χ4v) is 2.08. The first-order chi connectivity index (χ1) is 9.68. The van der Waals surface area contributed by atoms with E-state index in [2.05, 4.69) is 4.98 Å². The van der Waals surface area contributed by atoms with Crippen LogP contribution in [0.15, 0.2) is 29.6 Å². The molecule has 0 radical (unpaired) electrons. The van der Waals surface area contributed by atoms with Crippen LogP contribution >= 0.6 is 0 Å². The van der Waals surface area contributed by atoms with Crippen molar-refractivity contribution in [3.8, 4) is 0 Å². The lowest BCUT2D eigenvalue weighted by molar-refractivity contribution is 0.102. The molecule has 1 heterocycles. The molecule has 0 atom stereocenters. The van der Waals surface area contributed by atoms with E-state index in [1.807, 2.05) is 5.32 Å². The number of sulfonamides is 1. The summed E-state index contributed by atoms with van der Waals surface area (Å²) >= 11 is 0. The molecule has 10 heteroatoms. The van der Waals surface area contributed by atoms with Gasteiger partial charge in [-0.25, -0.2) is 27.3 Å². The molecule has 0 fully saturated rings. The van der Waals surface area contributed by atoms with Gasteiger partial charge in [-0.2, -0.15) is 0 Å². The fraction of sp³-hybridized carbons (Fsp3) is 0.0909. The van der Waals surface area contributed by atoms with E-state index < -0.39 is 38.1 Å². The van der Waals surface area contributed by atoms with Crippen molar-refractivity contribution in [2.45, 2.75) is 4.90 Å². The molecule has 3 N–H and O–H groups in total. The Labute approximate surface area is 118 Å². The molecule has 1 amide bonds. The van der Waals surface area contributed by atoms with Gasteiger partial charge in [-0.15, -0.1) is 0 Å². The molecule has 2 aromatic rings. The van der Waals surface area contributed by atoms with Crippen molar-refractivity contribution in [3.63, 3.8) is 0 Å². The number of aryl methyl sites for hydroxylation is 1. The number of hydrogen-bond donors (Lipinski definition) is 2. The van der Waals surface area contributed by atoms with E-state index in [9.17, 15) is 22.0 Å². The summed E-state index contributed by atoms with van der Waals surface area (Å²) in [5.41, 5.74) is -0.829. The molecule has 0 unspecified atom stereocenters. The van der Waals surface area contributed by atoms with Crippen LogP contribution in [0.2, 0.25) is 0 Å². The second kappa shape index (κ2) is 5.22. The van der Waals surface area contributed by atoms with Crippen molar-refractivity contribution >= 4 is 21.6 Å². The molecule has 0 aliphatic heterocycles. The lowest BCUT2D eigenvalue weighted by atomic mass is 10.2. The number of rotatable bonds is 3. The normalized spacial score (nSPS) is 11.4. The molecule has 0 saturated carbocycles. The number of benzene rings is 1. The SMILES string of the molecule is Cn1cnc(C(=O)Nc2c(F)cc(S(N)(=O)=O)cc2F)c1. The van der Waals surface area contributed by atoms with Gasteiger partial charge in [0.15, 0.2) is 11.6 Å². The molecule has 0 saturated heterocycles. The van der Waals surface area contributed by atoms with E-state index in [4.69, 9.17) is 5.14 Å². The summed E-state index contributed by atoms with van der Waals surface area (Å²) in [5.74, 6) is -3.36. The van der Waals surface area contributed by atoms with Crippen molar-refractivity contribution < 1.29 is 22.0 Å². The highest BCUT2D eigenvalue weighted by atomic mass is 32.2. The van der Waals surface area contributed by atoms with Gasteiger partial charge >= 0.3 is 0 Å². The van der Waals surface area contributed by atoms with E-state index in [1.54, 1.807) is 7.05 Å². The third-order valence-electron chi connectivity index (χ3n) is 2.52. The van der Waals surface area contributed by atoms with E-state index >= 15 is 0 Å². The number of anilines is 1. The van der Waals surface area contributed by atoms with Gasteiger partial charge in [0.2, 0.25) is 10.0 Å². The Bertz CT molecular complexity index is 794. The molecule has 2 rings (SSSR count). The quantitative estimate of drug-likeness (QED) is 0.864. The largest absolute Gasteiger partial charge is 0.340 e. The van der Waals surface area contributed by atoms with Crippen LogP contribution in [-0.2, 0) is 17.1 Å². The van der Waals surface area contributed by atoms with Crippen LogP contribution in [0.3, 0.4) is 0 Å². The van der Waals surface area contributed by atoms with Gasteiger partial charge in [0, 0.05) is 13.2 Å². The van der Waals surface area contributed by atoms with E-state index in [0.29, 0.717) is 12.1 Å². The number of hydrogen-bond acceptors (Lipinski definition) is 4. The second-order valence-corrected chi connectivity index (χ2v) is 5.75. The fourth-order valence-electron chi connectivity index (χ4n) is 1.54. The molecule has 0 spiro atoms. The van der Waals surface area contributed by atoms with Gasteiger partial charge in [0.1, 0.15) is 11.4 Å². The minimum Gasteiger partial charge on any atom is -0.340 e. The maximum atomic E-state index is 13.7. The monoisotopic (exact) mass is 316 g/mol. The summed E-state index contributed by atoms with van der Waals surface area (Å²) in [4.78, 5) is 14.7. The minimum atomic E-state index is -4.25. The van der Waals surface area contributed by atoms with Crippen molar-refractivity contribution in [3.05, 3.63) is 42.0 Å². The van der Waals surface area contributed by atoms with Gasteiger partial charge in [-0.05, 0) is 12.1 Å². The minimum absolute atomic E-state index is 0.0492. The van der Waals surface area contributed by atoms with Crippen molar-refractivity contribution in [2.24, 2.45) is 12.2 Å². The predicted molar refractivity (Wildman–Crippen MR) is 68.9 cm³/mol. The maximum Gasteiger partial charge on any atom is 0.276 e. The molecule has 112 valence electrons. The van der Waals surface area contributed by atoms with Crippen LogP contribution in [0.5, 0.6) is 0 Å². The highest BCUT2D eigenvalue weighted by Gasteiger charge is 2.19. The molecule has 21 heavy (non-hydrogen) atoms. The van der Waals surface area contributed by atoms with Crippen LogP contribution < -0.4 is 10.5 Å². The van der Waals surface area contributed by atoms with Crippen LogP contribution in [0.4, 0.5) is 14.5 Å². The zero-order chi connectivity index (χ0) is 15.8. The number of nitrogens with one attached hydrogen (secondary N) is 1. The number of imidazole rings is 1. The summed E-state index contributed by atoms with van der Waals surface area (Å²) < 4.78 is 51.0. The first kappa shape index (κ1) is 15.1. The number of carbonyl (C=O) groups is 1. The summed E-state index contributed by atoms with van der Waals surface area (Å²) in [6.45, 7) is 0. The number of aromatic nitrogens is 2. The van der Waals surface area contributed by atoms with Crippen molar-refractivity contribution in [1.82, 2.24) is 9.55 Å². The standard InChI is InChI=1S/C11H10F2N4O3S/c1-17-4-9(15-5-17)11(18)16-10-7(12)2-6(3-8(10)13)21(14,19)20/h2-5H,1H3,(H,16,18)(H2,14,19,20). The van der Waals surface area contributed by atoms with Gasteiger partial charge in [0.25, 0.3) is 5.91 Å². The average Bonchev–Trinajstić information content (AvgIpc) is 2.79. The van der Waals surface area contributed by atoms with Gasteiger partial charge in [0.05, 0.1) is 11.2 Å². The Hall–Kier alpha value is -2.33. The molecule has 0 aliphatic rings. The Morgan fingerprint density at radius 3 is 2.33 bits per heavy atom. The number of primary sulfonamides is 1. The summed E-state index contributed by atoms with van der Waals surface area (Å²) in [6, 6.07) is 1.04. The highest BCUT2D eigenvalue weighted by molar-refractivity contribution is 7.89. The third-order valence-corrected chi connectivity index (χ3v) is 3.41. The second-order valence-electron chi connectivity index (χ2n) is 4.19. The molecule has 0 aliphatic carbocycles. The lowest BCUT2D eigenvalue weighted by Crippen LogP contribution is -2.17. The Balaban J connectivity index is 2.35. The molecular weight excluding hydrogens is 306 g/mol. The average molecular weight is 316 g/mol. The first-order valence-electron chi connectivity index (χ1n) is 5.49. The van der Waals surface area contributed by atoms with Crippen molar-refractivity contribution in [2.75, 3.05) is 5.32 Å². The van der Waals surface area contributed by atoms with Crippen molar-refractivity contribution in [1.29, 1.82) is 0 Å². The van der Waals surface area contributed by atoms with Gasteiger partial charge < -0.3 is 9.88 Å². The van der Waals surface area contributed by atoms with Gasteiger partial charge in [-0.1, -0.05) is 0 Å². The Kier molecular flexibility index (Phi) is 3.75. The summed E-state index contributed by atoms with van der Waals surface area (Å²) in [7, 11) is -2.63. The topological polar surface area (TPSA) is 107 Å². The molecule has 1 aromatic carbocycles.